The highest BCUT2D eigenvalue weighted by atomic mass is 16.5. The summed E-state index contributed by atoms with van der Waals surface area (Å²) >= 11 is 0. The van der Waals surface area contributed by atoms with Crippen LogP contribution in [0.15, 0.2) is 0 Å². The van der Waals surface area contributed by atoms with E-state index in [0.29, 0.717) is 12.6 Å². The van der Waals surface area contributed by atoms with Crippen LogP contribution >= 0.6 is 0 Å². The number of nitrogen functional groups attached to an aromatic ring is 1. The Morgan fingerprint density at radius 1 is 1.50 bits per heavy atom. The topological polar surface area (TPSA) is 70.9 Å². The van der Waals surface area contributed by atoms with Crippen molar-refractivity contribution in [2.75, 3.05) is 19.5 Å². The summed E-state index contributed by atoms with van der Waals surface area (Å²) in [5.74, 6) is 0.510. The first-order valence-electron chi connectivity index (χ1n) is 5.22. The van der Waals surface area contributed by atoms with Crippen molar-refractivity contribution < 1.29 is 4.74 Å². The molecule has 2 heterocycles. The van der Waals surface area contributed by atoms with E-state index >= 15 is 0 Å². The number of hydrogen-bond acceptors (Lipinski definition) is 4. The molecule has 16 heavy (non-hydrogen) atoms. The van der Waals surface area contributed by atoms with E-state index in [1.54, 1.807) is 11.8 Å². The Bertz CT molecular complexity index is 513. The van der Waals surface area contributed by atoms with E-state index in [4.69, 9.17) is 10.5 Å². The lowest BCUT2D eigenvalue weighted by Gasteiger charge is -2.14. The summed E-state index contributed by atoms with van der Waals surface area (Å²) in [5.41, 5.74) is 8.63. The Hall–Kier alpha value is -1.56. The fraction of sp³-hybridized carbons (Fsp3) is 0.600. The van der Waals surface area contributed by atoms with Gasteiger partial charge in [-0.3, -0.25) is 9.25 Å². The standard InChI is InChI=1S/C10H17N5O/c1-6(5-16-4)15-9-8(12-10(15)11)7(2)13-14(9)3/h6H,5H2,1-4H3,(H2,11,12). The molecule has 6 heteroatoms. The van der Waals surface area contributed by atoms with Crippen LogP contribution in [0.1, 0.15) is 18.7 Å². The summed E-state index contributed by atoms with van der Waals surface area (Å²) in [7, 11) is 3.57. The first-order chi connectivity index (χ1) is 7.56. The van der Waals surface area contributed by atoms with E-state index in [1.807, 2.05) is 25.5 Å². The average molecular weight is 223 g/mol. The molecule has 2 aromatic rings. The van der Waals surface area contributed by atoms with Crippen LogP contribution < -0.4 is 5.73 Å². The van der Waals surface area contributed by atoms with Crippen molar-refractivity contribution in [3.05, 3.63) is 5.69 Å². The highest BCUT2D eigenvalue weighted by Crippen LogP contribution is 2.24. The highest BCUT2D eigenvalue weighted by Gasteiger charge is 2.19. The van der Waals surface area contributed by atoms with Crippen LogP contribution in [0.4, 0.5) is 5.95 Å². The summed E-state index contributed by atoms with van der Waals surface area (Å²) in [5, 5.41) is 4.33. The molecule has 1 unspecified atom stereocenters. The summed E-state index contributed by atoms with van der Waals surface area (Å²) in [4.78, 5) is 4.34. The molecule has 1 atom stereocenters. The number of fused-ring (bicyclic) bond motifs is 1. The first kappa shape index (κ1) is 10.9. The number of ether oxygens (including phenoxy) is 1. The molecule has 0 bridgehead atoms. The minimum absolute atomic E-state index is 0.143. The molecule has 88 valence electrons. The van der Waals surface area contributed by atoms with Crippen LogP contribution in [0.3, 0.4) is 0 Å². The summed E-state index contributed by atoms with van der Waals surface area (Å²) in [6.07, 6.45) is 0. The van der Waals surface area contributed by atoms with Crippen molar-refractivity contribution in [3.63, 3.8) is 0 Å². The maximum absolute atomic E-state index is 5.92. The van der Waals surface area contributed by atoms with Crippen LogP contribution in [-0.4, -0.2) is 33.0 Å². The zero-order valence-corrected chi connectivity index (χ0v) is 10.1. The Kier molecular flexibility index (Phi) is 2.59. The SMILES string of the molecule is COCC(C)n1c(N)nc2c(C)nn(C)c21. The molecule has 0 saturated heterocycles. The Morgan fingerprint density at radius 3 is 2.81 bits per heavy atom. The fourth-order valence-corrected chi connectivity index (χ4v) is 2.06. The first-order valence-corrected chi connectivity index (χ1v) is 5.22. The molecule has 0 spiro atoms. The molecule has 0 amide bonds. The van der Waals surface area contributed by atoms with Gasteiger partial charge in [-0.1, -0.05) is 0 Å². The van der Waals surface area contributed by atoms with Gasteiger partial charge in [0.25, 0.3) is 0 Å². The van der Waals surface area contributed by atoms with Gasteiger partial charge in [-0.25, -0.2) is 4.98 Å². The lowest BCUT2D eigenvalue weighted by Crippen LogP contribution is -2.15. The lowest BCUT2D eigenvalue weighted by molar-refractivity contribution is 0.164. The number of anilines is 1. The highest BCUT2D eigenvalue weighted by molar-refractivity contribution is 5.77. The van der Waals surface area contributed by atoms with Crippen LogP contribution in [0, 0.1) is 6.92 Å². The van der Waals surface area contributed by atoms with E-state index in [1.165, 1.54) is 0 Å². The third-order valence-corrected chi connectivity index (χ3v) is 2.71. The molecular weight excluding hydrogens is 206 g/mol. The number of nitrogens with zero attached hydrogens (tertiary/aromatic N) is 4. The van der Waals surface area contributed by atoms with Gasteiger partial charge in [0, 0.05) is 14.2 Å². The van der Waals surface area contributed by atoms with Gasteiger partial charge in [0.15, 0.2) is 5.65 Å². The van der Waals surface area contributed by atoms with E-state index in [-0.39, 0.29) is 6.04 Å². The third-order valence-electron chi connectivity index (χ3n) is 2.71. The van der Waals surface area contributed by atoms with Crippen molar-refractivity contribution in [2.24, 2.45) is 7.05 Å². The molecule has 2 N–H and O–H groups in total. The van der Waals surface area contributed by atoms with Crippen molar-refractivity contribution in [2.45, 2.75) is 19.9 Å². The number of aromatic nitrogens is 4. The number of imidazole rings is 1. The minimum atomic E-state index is 0.143. The molecule has 0 aromatic carbocycles. The number of rotatable bonds is 3. The zero-order valence-electron chi connectivity index (χ0n) is 10.1. The number of aryl methyl sites for hydroxylation is 2. The number of nitrogens with two attached hydrogens (primary N) is 1. The van der Waals surface area contributed by atoms with Gasteiger partial charge in [-0.2, -0.15) is 5.10 Å². The molecule has 0 saturated carbocycles. The molecule has 0 radical (unpaired) electrons. The van der Waals surface area contributed by atoms with Gasteiger partial charge in [0.05, 0.1) is 18.3 Å². The lowest BCUT2D eigenvalue weighted by atomic mass is 10.3. The second-order valence-corrected chi connectivity index (χ2v) is 4.03. The maximum atomic E-state index is 5.92. The van der Waals surface area contributed by atoms with Gasteiger partial charge in [-0.05, 0) is 13.8 Å². The van der Waals surface area contributed by atoms with Crippen molar-refractivity contribution in [3.8, 4) is 0 Å². The molecule has 0 aliphatic heterocycles. The van der Waals surface area contributed by atoms with Gasteiger partial charge in [0.2, 0.25) is 5.95 Å². The second-order valence-electron chi connectivity index (χ2n) is 4.03. The molecule has 6 nitrogen and oxygen atoms in total. The zero-order chi connectivity index (χ0) is 11.9. The predicted molar refractivity (Wildman–Crippen MR) is 62.2 cm³/mol. The molecule has 0 aliphatic rings. The van der Waals surface area contributed by atoms with E-state index in [2.05, 4.69) is 10.1 Å². The monoisotopic (exact) mass is 223 g/mol. The molecular formula is C10H17N5O. The normalized spacial score (nSPS) is 13.5. The Labute approximate surface area is 94.0 Å². The predicted octanol–water partition coefficient (Wildman–Crippen LogP) is 0.868. The summed E-state index contributed by atoms with van der Waals surface area (Å²) in [6, 6.07) is 0.143. The van der Waals surface area contributed by atoms with Crippen molar-refractivity contribution >= 4 is 17.1 Å². The molecule has 2 aromatic heterocycles. The number of hydrogen-bond donors (Lipinski definition) is 1. The number of methoxy groups -OCH3 is 1. The smallest absolute Gasteiger partial charge is 0.202 e. The van der Waals surface area contributed by atoms with Gasteiger partial charge in [-0.15, -0.1) is 0 Å². The van der Waals surface area contributed by atoms with Gasteiger partial charge in [0.1, 0.15) is 5.52 Å². The van der Waals surface area contributed by atoms with Crippen LogP contribution in [0.5, 0.6) is 0 Å². The minimum Gasteiger partial charge on any atom is -0.383 e. The summed E-state index contributed by atoms with van der Waals surface area (Å²) < 4.78 is 8.91. The summed E-state index contributed by atoms with van der Waals surface area (Å²) in [6.45, 7) is 4.57. The Balaban J connectivity index is 2.63. The molecule has 0 aliphatic carbocycles. The van der Waals surface area contributed by atoms with E-state index in [9.17, 15) is 0 Å². The molecule has 0 fully saturated rings. The Morgan fingerprint density at radius 2 is 2.19 bits per heavy atom. The largest absolute Gasteiger partial charge is 0.383 e. The fourth-order valence-electron chi connectivity index (χ4n) is 2.06. The van der Waals surface area contributed by atoms with Crippen LogP contribution in [-0.2, 0) is 11.8 Å². The maximum Gasteiger partial charge on any atom is 0.202 e. The second kappa shape index (κ2) is 3.79. The third kappa shape index (κ3) is 1.46. The van der Waals surface area contributed by atoms with Gasteiger partial charge < -0.3 is 10.5 Å². The van der Waals surface area contributed by atoms with Gasteiger partial charge >= 0.3 is 0 Å². The average Bonchev–Trinajstić information content (AvgIpc) is 2.67. The quantitative estimate of drug-likeness (QED) is 0.838. The van der Waals surface area contributed by atoms with Crippen molar-refractivity contribution in [1.82, 2.24) is 19.3 Å². The van der Waals surface area contributed by atoms with E-state index < -0.39 is 0 Å². The molecule has 2 rings (SSSR count). The van der Waals surface area contributed by atoms with Crippen molar-refractivity contribution in [1.29, 1.82) is 0 Å². The van der Waals surface area contributed by atoms with E-state index in [0.717, 1.165) is 16.9 Å². The van der Waals surface area contributed by atoms with Crippen LogP contribution in [0.25, 0.3) is 11.2 Å². The van der Waals surface area contributed by atoms with Crippen LogP contribution in [0.2, 0.25) is 0 Å².